The topological polar surface area (TPSA) is 99.2 Å². The molecular formula is C17H22N4O4S. The first-order chi connectivity index (χ1) is 12.3. The molecule has 1 fully saturated rings. The van der Waals surface area contributed by atoms with Gasteiger partial charge in [0.05, 0.1) is 6.54 Å². The van der Waals surface area contributed by atoms with Crippen LogP contribution in [0.15, 0.2) is 33.6 Å². The molecule has 9 heteroatoms. The molecule has 0 aromatic heterocycles. The van der Waals surface area contributed by atoms with Crippen LogP contribution in [0.2, 0.25) is 0 Å². The maximum atomic E-state index is 12.2. The maximum absolute atomic E-state index is 12.2. The summed E-state index contributed by atoms with van der Waals surface area (Å²) in [5.74, 6) is -0.0172. The Labute approximate surface area is 152 Å². The fourth-order valence-corrected chi connectivity index (χ4v) is 4.36. The quantitative estimate of drug-likeness (QED) is 0.801. The Morgan fingerprint density at radius 2 is 1.88 bits per heavy atom. The molecule has 26 heavy (non-hydrogen) atoms. The molecule has 140 valence electrons. The van der Waals surface area contributed by atoms with Gasteiger partial charge in [-0.3, -0.25) is 9.59 Å². The van der Waals surface area contributed by atoms with E-state index in [9.17, 15) is 18.0 Å². The van der Waals surface area contributed by atoms with Gasteiger partial charge in [-0.2, -0.15) is 8.42 Å². The molecular weight excluding hydrogens is 356 g/mol. The lowest BCUT2D eigenvalue weighted by atomic mass is 9.95. The van der Waals surface area contributed by atoms with Gasteiger partial charge in [-0.15, -0.1) is 4.40 Å². The number of hydrogen-bond acceptors (Lipinski definition) is 5. The zero-order valence-electron chi connectivity index (χ0n) is 14.8. The number of sulfonamides is 1. The highest BCUT2D eigenvalue weighted by molar-refractivity contribution is 7.90. The van der Waals surface area contributed by atoms with E-state index in [2.05, 4.69) is 9.71 Å². The van der Waals surface area contributed by atoms with E-state index in [4.69, 9.17) is 0 Å². The number of likely N-dealkylation sites (tertiary alicyclic amines) is 1. The van der Waals surface area contributed by atoms with Gasteiger partial charge >= 0.3 is 0 Å². The Bertz CT molecular complexity index is 855. The van der Waals surface area contributed by atoms with Crippen molar-refractivity contribution in [2.75, 3.05) is 33.7 Å². The second-order valence-electron chi connectivity index (χ2n) is 6.65. The Hall–Kier alpha value is -2.42. The summed E-state index contributed by atoms with van der Waals surface area (Å²) in [4.78, 5) is 27.4. The van der Waals surface area contributed by atoms with E-state index in [0.717, 1.165) is 0 Å². The Kier molecular flexibility index (Phi) is 4.99. The molecule has 2 aliphatic heterocycles. The van der Waals surface area contributed by atoms with Crippen LogP contribution in [0, 0.1) is 5.92 Å². The van der Waals surface area contributed by atoms with E-state index in [0.29, 0.717) is 37.3 Å². The van der Waals surface area contributed by atoms with Crippen LogP contribution in [0.5, 0.6) is 0 Å². The van der Waals surface area contributed by atoms with Gasteiger partial charge in [0.2, 0.25) is 11.8 Å². The van der Waals surface area contributed by atoms with Gasteiger partial charge in [0, 0.05) is 38.7 Å². The molecule has 3 rings (SSSR count). The van der Waals surface area contributed by atoms with Crippen LogP contribution in [0.4, 0.5) is 0 Å². The Morgan fingerprint density at radius 1 is 1.23 bits per heavy atom. The van der Waals surface area contributed by atoms with Crippen LogP contribution in [0.1, 0.15) is 18.4 Å². The second kappa shape index (κ2) is 7.06. The van der Waals surface area contributed by atoms with Crippen molar-refractivity contribution in [2.24, 2.45) is 10.3 Å². The van der Waals surface area contributed by atoms with E-state index in [1.807, 2.05) is 4.90 Å². The van der Waals surface area contributed by atoms with E-state index < -0.39 is 10.0 Å². The summed E-state index contributed by atoms with van der Waals surface area (Å²) in [7, 11) is -0.355. The molecule has 0 aliphatic carbocycles. The lowest BCUT2D eigenvalue weighted by Gasteiger charge is -2.32. The van der Waals surface area contributed by atoms with Crippen LogP contribution in [0.25, 0.3) is 0 Å². The molecule has 0 atom stereocenters. The van der Waals surface area contributed by atoms with Crippen molar-refractivity contribution in [3.63, 3.8) is 0 Å². The van der Waals surface area contributed by atoms with E-state index >= 15 is 0 Å². The molecule has 2 heterocycles. The van der Waals surface area contributed by atoms with Gasteiger partial charge in [-0.25, -0.2) is 0 Å². The number of rotatable bonds is 3. The van der Waals surface area contributed by atoms with E-state index in [-0.39, 0.29) is 29.2 Å². The summed E-state index contributed by atoms with van der Waals surface area (Å²) in [5, 5.41) is 2.67. The third-order valence-corrected chi connectivity index (χ3v) is 6.02. The van der Waals surface area contributed by atoms with Crippen LogP contribution in [-0.4, -0.2) is 69.6 Å². The number of fused-ring (bicyclic) bond motifs is 1. The zero-order chi connectivity index (χ0) is 18.9. The van der Waals surface area contributed by atoms with Crippen molar-refractivity contribution in [3.05, 3.63) is 29.8 Å². The van der Waals surface area contributed by atoms with Gasteiger partial charge in [0.25, 0.3) is 10.0 Å². The average Bonchev–Trinajstić information content (AvgIpc) is 2.91. The largest absolute Gasteiger partial charge is 0.355 e. The van der Waals surface area contributed by atoms with Gasteiger partial charge in [-0.05, 0) is 25.0 Å². The lowest BCUT2D eigenvalue weighted by Crippen LogP contribution is -2.45. The predicted molar refractivity (Wildman–Crippen MR) is 96.2 cm³/mol. The molecule has 2 aliphatic rings. The van der Waals surface area contributed by atoms with E-state index in [1.165, 1.54) is 4.90 Å². The first-order valence-corrected chi connectivity index (χ1v) is 9.91. The summed E-state index contributed by atoms with van der Waals surface area (Å²) in [5.41, 5.74) is 0.618. The molecule has 1 N–H and O–H groups in total. The summed E-state index contributed by atoms with van der Waals surface area (Å²) >= 11 is 0. The number of carbonyl (C=O) groups excluding carboxylic acids is 2. The number of amidine groups is 1. The SMILES string of the molecule is CN(C)C(=O)CNC(=O)C1CCN(C2=NS(=O)(=O)c3ccccc32)CC1. The number of piperidine rings is 1. The molecule has 1 saturated heterocycles. The zero-order valence-corrected chi connectivity index (χ0v) is 15.6. The summed E-state index contributed by atoms with van der Waals surface area (Å²) < 4.78 is 28.3. The molecule has 0 unspecified atom stereocenters. The number of benzene rings is 1. The first kappa shape index (κ1) is 18.4. The van der Waals surface area contributed by atoms with Gasteiger partial charge in [-0.1, -0.05) is 12.1 Å². The third kappa shape index (κ3) is 3.57. The highest BCUT2D eigenvalue weighted by Gasteiger charge is 2.34. The number of nitrogens with zero attached hydrogens (tertiary/aromatic N) is 3. The summed E-state index contributed by atoms with van der Waals surface area (Å²) in [6.07, 6.45) is 1.17. The van der Waals surface area contributed by atoms with Gasteiger partial charge in [0.1, 0.15) is 4.90 Å². The second-order valence-corrected chi connectivity index (χ2v) is 8.23. The third-order valence-electron chi connectivity index (χ3n) is 4.69. The highest BCUT2D eigenvalue weighted by Crippen LogP contribution is 2.29. The van der Waals surface area contributed by atoms with Crippen molar-refractivity contribution in [1.29, 1.82) is 0 Å². The van der Waals surface area contributed by atoms with Crippen LogP contribution in [-0.2, 0) is 19.6 Å². The summed E-state index contributed by atoms with van der Waals surface area (Å²) in [6, 6.07) is 6.78. The summed E-state index contributed by atoms with van der Waals surface area (Å²) in [6.45, 7) is 1.08. The fraction of sp³-hybridized carbons (Fsp3) is 0.471. The fourth-order valence-electron chi connectivity index (χ4n) is 3.14. The molecule has 0 bridgehead atoms. The molecule has 1 aromatic carbocycles. The van der Waals surface area contributed by atoms with Gasteiger partial charge < -0.3 is 15.1 Å². The number of amides is 2. The standard InChI is InChI=1S/C17H22N4O4S/c1-20(2)15(22)11-18-17(23)12-7-9-21(10-8-12)16-13-5-3-4-6-14(13)26(24,25)19-16/h3-6,12H,7-11H2,1-2H3,(H,18,23). The number of likely N-dealkylation sites (N-methyl/N-ethyl adjacent to an activating group) is 1. The monoisotopic (exact) mass is 378 g/mol. The van der Waals surface area contributed by atoms with Crippen molar-refractivity contribution < 1.29 is 18.0 Å². The normalized spacial score (nSPS) is 18.8. The van der Waals surface area contributed by atoms with Crippen LogP contribution in [0.3, 0.4) is 0 Å². The van der Waals surface area contributed by atoms with Crippen LogP contribution >= 0.6 is 0 Å². The van der Waals surface area contributed by atoms with Crippen molar-refractivity contribution in [1.82, 2.24) is 15.1 Å². The lowest BCUT2D eigenvalue weighted by molar-refractivity contribution is -0.132. The number of nitrogens with one attached hydrogen (secondary N) is 1. The average molecular weight is 378 g/mol. The van der Waals surface area contributed by atoms with E-state index in [1.54, 1.807) is 38.4 Å². The molecule has 1 aromatic rings. The first-order valence-electron chi connectivity index (χ1n) is 8.47. The molecule has 0 saturated carbocycles. The molecule has 0 spiro atoms. The minimum atomic E-state index is -3.64. The minimum absolute atomic E-state index is 0.00955. The van der Waals surface area contributed by atoms with Crippen LogP contribution < -0.4 is 5.32 Å². The van der Waals surface area contributed by atoms with Crippen molar-refractivity contribution >= 4 is 27.7 Å². The van der Waals surface area contributed by atoms with Crippen molar-refractivity contribution in [2.45, 2.75) is 17.7 Å². The number of carbonyl (C=O) groups is 2. The molecule has 8 nitrogen and oxygen atoms in total. The highest BCUT2D eigenvalue weighted by atomic mass is 32.2. The van der Waals surface area contributed by atoms with Crippen molar-refractivity contribution in [3.8, 4) is 0 Å². The maximum Gasteiger partial charge on any atom is 0.285 e. The smallest absolute Gasteiger partial charge is 0.285 e. The Morgan fingerprint density at radius 3 is 2.54 bits per heavy atom. The molecule has 0 radical (unpaired) electrons. The molecule has 2 amide bonds. The Balaban J connectivity index is 1.61. The predicted octanol–water partition coefficient (Wildman–Crippen LogP) is 0.0519. The minimum Gasteiger partial charge on any atom is -0.355 e. The van der Waals surface area contributed by atoms with Gasteiger partial charge in [0.15, 0.2) is 5.84 Å². The number of hydrogen-bond donors (Lipinski definition) is 1.